The fraction of sp³-hybridized carbons (Fsp3) is 0.375. The van der Waals surface area contributed by atoms with Gasteiger partial charge in [0.15, 0.2) is 5.11 Å². The van der Waals surface area contributed by atoms with Crippen molar-refractivity contribution in [1.82, 2.24) is 20.7 Å². The number of carbonyl (C=O) groups is 1. The molecule has 5 nitrogen and oxygen atoms in total. The van der Waals surface area contributed by atoms with Crippen molar-refractivity contribution < 1.29 is 4.79 Å². The number of fused-ring (bicyclic) bond motifs is 1. The molecule has 1 aromatic carbocycles. The predicted molar refractivity (Wildman–Crippen MR) is 93.6 cm³/mol. The van der Waals surface area contributed by atoms with Crippen molar-refractivity contribution in [2.45, 2.75) is 26.2 Å². The van der Waals surface area contributed by atoms with Crippen molar-refractivity contribution in [2.24, 2.45) is 7.05 Å². The van der Waals surface area contributed by atoms with Gasteiger partial charge in [-0.1, -0.05) is 38.0 Å². The molecule has 0 fully saturated rings. The molecule has 0 radical (unpaired) electrons. The van der Waals surface area contributed by atoms with Crippen LogP contribution in [-0.4, -0.2) is 22.1 Å². The second kappa shape index (κ2) is 7.79. The molecule has 2 aromatic rings. The van der Waals surface area contributed by atoms with E-state index in [0.717, 1.165) is 30.3 Å². The number of thiocarbonyl (C=S) groups is 1. The molecule has 2 rings (SSSR count). The van der Waals surface area contributed by atoms with Crippen LogP contribution in [0.25, 0.3) is 10.9 Å². The fourth-order valence-corrected chi connectivity index (χ4v) is 2.48. The first kappa shape index (κ1) is 16.3. The van der Waals surface area contributed by atoms with Crippen molar-refractivity contribution in [3.63, 3.8) is 0 Å². The molecule has 0 aliphatic rings. The lowest BCUT2D eigenvalue weighted by molar-refractivity contribution is 0.0945. The summed E-state index contributed by atoms with van der Waals surface area (Å²) in [6, 6.07) is 7.80. The molecule has 1 aromatic heterocycles. The number of hydrazine groups is 1. The summed E-state index contributed by atoms with van der Waals surface area (Å²) in [5.41, 5.74) is 7.03. The second-order valence-electron chi connectivity index (χ2n) is 5.21. The van der Waals surface area contributed by atoms with Crippen molar-refractivity contribution >= 4 is 34.1 Å². The highest BCUT2D eigenvalue weighted by atomic mass is 32.1. The molecule has 1 amide bonds. The molecule has 6 heteroatoms. The normalized spacial score (nSPS) is 10.5. The van der Waals surface area contributed by atoms with Crippen molar-refractivity contribution in [3.8, 4) is 0 Å². The SMILES string of the molecule is CCCCCNC(=S)NNC(=O)c1cn(C)c2ccccc12. The number of nitrogens with one attached hydrogen (secondary N) is 3. The van der Waals surface area contributed by atoms with E-state index in [-0.39, 0.29) is 5.91 Å². The third-order valence-corrected chi connectivity index (χ3v) is 3.74. The van der Waals surface area contributed by atoms with Crippen LogP contribution in [-0.2, 0) is 7.05 Å². The van der Waals surface area contributed by atoms with Crippen LogP contribution < -0.4 is 16.2 Å². The summed E-state index contributed by atoms with van der Waals surface area (Å²) in [6.45, 7) is 2.96. The number of nitrogens with zero attached hydrogens (tertiary/aromatic N) is 1. The Morgan fingerprint density at radius 2 is 2.00 bits per heavy atom. The van der Waals surface area contributed by atoms with Crippen LogP contribution in [0.1, 0.15) is 36.5 Å². The molecule has 0 spiro atoms. The minimum absolute atomic E-state index is 0.200. The number of rotatable bonds is 5. The smallest absolute Gasteiger partial charge is 0.271 e. The van der Waals surface area contributed by atoms with Gasteiger partial charge in [0.2, 0.25) is 0 Å². The van der Waals surface area contributed by atoms with E-state index in [1.165, 1.54) is 6.42 Å². The zero-order valence-corrected chi connectivity index (χ0v) is 13.8. The highest BCUT2D eigenvalue weighted by molar-refractivity contribution is 7.80. The van der Waals surface area contributed by atoms with Gasteiger partial charge in [0, 0.05) is 30.7 Å². The van der Waals surface area contributed by atoms with Crippen molar-refractivity contribution in [1.29, 1.82) is 0 Å². The van der Waals surface area contributed by atoms with Gasteiger partial charge in [-0.3, -0.25) is 15.6 Å². The Labute approximate surface area is 136 Å². The highest BCUT2D eigenvalue weighted by Crippen LogP contribution is 2.19. The van der Waals surface area contributed by atoms with Crippen LogP contribution in [0.15, 0.2) is 30.5 Å². The van der Waals surface area contributed by atoms with Gasteiger partial charge in [0.1, 0.15) is 0 Å². The number of para-hydroxylation sites is 1. The Hall–Kier alpha value is -2.08. The van der Waals surface area contributed by atoms with Crippen LogP contribution in [0, 0.1) is 0 Å². The summed E-state index contributed by atoms with van der Waals surface area (Å²) in [5, 5.41) is 4.42. The Kier molecular flexibility index (Phi) is 5.77. The number of hydrogen-bond acceptors (Lipinski definition) is 2. The molecule has 0 atom stereocenters. The summed E-state index contributed by atoms with van der Waals surface area (Å²) >= 11 is 5.13. The number of aryl methyl sites for hydroxylation is 1. The van der Waals surface area contributed by atoms with Crippen LogP contribution in [0.5, 0.6) is 0 Å². The standard InChI is InChI=1S/C16H22N4OS/c1-3-4-7-10-17-16(22)19-18-15(21)13-11-20(2)14-9-6-5-8-12(13)14/h5-6,8-9,11H,3-4,7,10H2,1-2H3,(H,18,21)(H2,17,19,22). The number of hydrogen-bond donors (Lipinski definition) is 3. The van der Waals surface area contributed by atoms with E-state index >= 15 is 0 Å². The topological polar surface area (TPSA) is 58.1 Å². The minimum Gasteiger partial charge on any atom is -0.361 e. The summed E-state index contributed by atoms with van der Waals surface area (Å²) in [6.07, 6.45) is 5.21. The number of carbonyl (C=O) groups excluding carboxylic acids is 1. The average Bonchev–Trinajstić information content (AvgIpc) is 2.87. The maximum Gasteiger partial charge on any atom is 0.271 e. The first-order valence-electron chi connectivity index (χ1n) is 7.51. The Bertz CT molecular complexity index is 665. The van der Waals surface area contributed by atoms with Crippen LogP contribution >= 0.6 is 12.2 Å². The van der Waals surface area contributed by atoms with E-state index in [2.05, 4.69) is 23.1 Å². The molecule has 0 saturated carbocycles. The van der Waals surface area contributed by atoms with Gasteiger partial charge in [0.05, 0.1) is 5.56 Å². The molecule has 3 N–H and O–H groups in total. The van der Waals surface area contributed by atoms with E-state index in [0.29, 0.717) is 10.7 Å². The summed E-state index contributed by atoms with van der Waals surface area (Å²) in [5.74, 6) is -0.200. The molecule has 22 heavy (non-hydrogen) atoms. The molecule has 0 aliphatic carbocycles. The maximum atomic E-state index is 12.3. The minimum atomic E-state index is -0.200. The zero-order valence-electron chi connectivity index (χ0n) is 13.0. The molecule has 0 saturated heterocycles. The summed E-state index contributed by atoms with van der Waals surface area (Å²) < 4.78 is 1.94. The number of amides is 1. The van der Waals surface area contributed by atoms with Gasteiger partial charge >= 0.3 is 0 Å². The lowest BCUT2D eigenvalue weighted by Crippen LogP contribution is -2.46. The Morgan fingerprint density at radius 3 is 2.77 bits per heavy atom. The second-order valence-corrected chi connectivity index (χ2v) is 5.62. The average molecular weight is 318 g/mol. The molecule has 0 unspecified atom stereocenters. The predicted octanol–water partition coefficient (Wildman–Crippen LogP) is 2.48. The van der Waals surface area contributed by atoms with E-state index in [1.807, 2.05) is 42.1 Å². The molecule has 0 aliphatic heterocycles. The van der Waals surface area contributed by atoms with Gasteiger partial charge in [-0.05, 0) is 24.7 Å². The van der Waals surface area contributed by atoms with E-state index < -0.39 is 0 Å². The monoisotopic (exact) mass is 318 g/mol. The van der Waals surface area contributed by atoms with E-state index in [9.17, 15) is 4.79 Å². The summed E-state index contributed by atoms with van der Waals surface area (Å²) in [4.78, 5) is 12.3. The van der Waals surface area contributed by atoms with E-state index in [4.69, 9.17) is 12.2 Å². The largest absolute Gasteiger partial charge is 0.361 e. The Morgan fingerprint density at radius 1 is 1.23 bits per heavy atom. The molecule has 118 valence electrons. The molecule has 1 heterocycles. The zero-order chi connectivity index (χ0) is 15.9. The first-order chi connectivity index (χ1) is 10.6. The molecular weight excluding hydrogens is 296 g/mol. The van der Waals surface area contributed by atoms with E-state index in [1.54, 1.807) is 0 Å². The third kappa shape index (κ3) is 3.98. The summed E-state index contributed by atoms with van der Waals surface area (Å²) in [7, 11) is 1.92. The number of unbranched alkanes of at least 4 members (excludes halogenated alkanes) is 2. The van der Waals surface area contributed by atoms with Gasteiger partial charge < -0.3 is 9.88 Å². The number of aromatic nitrogens is 1. The Balaban J connectivity index is 1.90. The molecule has 0 bridgehead atoms. The lowest BCUT2D eigenvalue weighted by atomic mass is 10.2. The van der Waals surface area contributed by atoms with Gasteiger partial charge in [-0.15, -0.1) is 0 Å². The fourth-order valence-electron chi connectivity index (χ4n) is 2.32. The quantitative estimate of drug-likeness (QED) is 0.450. The first-order valence-corrected chi connectivity index (χ1v) is 7.92. The van der Waals surface area contributed by atoms with Gasteiger partial charge in [-0.2, -0.15) is 0 Å². The number of benzene rings is 1. The third-order valence-electron chi connectivity index (χ3n) is 3.50. The van der Waals surface area contributed by atoms with Crippen LogP contribution in [0.2, 0.25) is 0 Å². The van der Waals surface area contributed by atoms with Gasteiger partial charge in [0.25, 0.3) is 5.91 Å². The van der Waals surface area contributed by atoms with Gasteiger partial charge in [-0.25, -0.2) is 0 Å². The van der Waals surface area contributed by atoms with Crippen molar-refractivity contribution in [2.75, 3.05) is 6.54 Å². The lowest BCUT2D eigenvalue weighted by Gasteiger charge is -2.11. The van der Waals surface area contributed by atoms with Crippen LogP contribution in [0.3, 0.4) is 0 Å². The van der Waals surface area contributed by atoms with Crippen molar-refractivity contribution in [3.05, 3.63) is 36.0 Å². The highest BCUT2D eigenvalue weighted by Gasteiger charge is 2.13. The maximum absolute atomic E-state index is 12.3. The molecular formula is C16H22N4OS. The van der Waals surface area contributed by atoms with Crippen LogP contribution in [0.4, 0.5) is 0 Å².